The standard InChI is InChI=1S/C17H24N2O2/c20-10-6-2-1-3-7-15-11-17(13-18-12-15)21-14-16-8-4-5-9-19-16/h11-13,16,19-20H,1-2,4-6,8-10,14H2. The molecule has 0 aliphatic carbocycles. The van der Waals surface area contributed by atoms with Crippen molar-refractivity contribution in [2.45, 2.75) is 44.6 Å². The molecule has 1 aliphatic heterocycles. The second-order valence-electron chi connectivity index (χ2n) is 5.35. The topological polar surface area (TPSA) is 54.4 Å². The van der Waals surface area contributed by atoms with E-state index in [1.165, 1.54) is 19.3 Å². The highest BCUT2D eigenvalue weighted by molar-refractivity contribution is 5.36. The van der Waals surface area contributed by atoms with Crippen LogP contribution < -0.4 is 10.1 Å². The van der Waals surface area contributed by atoms with Crippen LogP contribution in [-0.2, 0) is 0 Å². The van der Waals surface area contributed by atoms with Crippen LogP contribution in [0.5, 0.6) is 5.75 Å². The first-order valence-electron chi connectivity index (χ1n) is 7.79. The molecule has 4 heteroatoms. The van der Waals surface area contributed by atoms with Gasteiger partial charge in [-0.1, -0.05) is 18.3 Å². The molecule has 0 aromatic carbocycles. The van der Waals surface area contributed by atoms with Gasteiger partial charge in [-0.05, 0) is 38.3 Å². The highest BCUT2D eigenvalue weighted by atomic mass is 16.5. The van der Waals surface area contributed by atoms with E-state index in [9.17, 15) is 0 Å². The highest BCUT2D eigenvalue weighted by Gasteiger charge is 2.12. The molecule has 1 aromatic rings. The first-order chi connectivity index (χ1) is 10.4. The lowest BCUT2D eigenvalue weighted by atomic mass is 10.1. The maximum atomic E-state index is 8.71. The van der Waals surface area contributed by atoms with E-state index in [-0.39, 0.29) is 6.61 Å². The predicted molar refractivity (Wildman–Crippen MR) is 83.2 cm³/mol. The first kappa shape index (κ1) is 15.8. The third kappa shape index (κ3) is 6.16. The molecular weight excluding hydrogens is 264 g/mol. The van der Waals surface area contributed by atoms with Gasteiger partial charge in [0.2, 0.25) is 0 Å². The number of nitrogens with zero attached hydrogens (tertiary/aromatic N) is 1. The van der Waals surface area contributed by atoms with Crippen molar-refractivity contribution in [3.05, 3.63) is 24.0 Å². The number of aromatic nitrogens is 1. The maximum Gasteiger partial charge on any atom is 0.138 e. The fourth-order valence-electron chi connectivity index (χ4n) is 2.32. The Labute approximate surface area is 126 Å². The van der Waals surface area contributed by atoms with Crippen LogP contribution in [0.15, 0.2) is 18.5 Å². The van der Waals surface area contributed by atoms with E-state index in [0.717, 1.165) is 37.1 Å². The van der Waals surface area contributed by atoms with E-state index < -0.39 is 0 Å². The van der Waals surface area contributed by atoms with Crippen LogP contribution in [-0.4, -0.2) is 35.9 Å². The number of pyridine rings is 1. The summed E-state index contributed by atoms with van der Waals surface area (Å²) in [6, 6.07) is 2.39. The largest absolute Gasteiger partial charge is 0.490 e. The molecule has 1 saturated heterocycles. The smallest absolute Gasteiger partial charge is 0.138 e. The van der Waals surface area contributed by atoms with Crippen LogP contribution in [0, 0.1) is 11.8 Å². The van der Waals surface area contributed by atoms with E-state index >= 15 is 0 Å². The number of aliphatic hydroxyl groups excluding tert-OH is 1. The minimum Gasteiger partial charge on any atom is -0.490 e. The Balaban J connectivity index is 1.79. The molecule has 1 aromatic heterocycles. The summed E-state index contributed by atoms with van der Waals surface area (Å²) in [4.78, 5) is 4.18. The van der Waals surface area contributed by atoms with Crippen LogP contribution in [0.4, 0.5) is 0 Å². The lowest BCUT2D eigenvalue weighted by Gasteiger charge is -2.23. The summed E-state index contributed by atoms with van der Waals surface area (Å²) < 4.78 is 5.81. The van der Waals surface area contributed by atoms with E-state index in [4.69, 9.17) is 9.84 Å². The van der Waals surface area contributed by atoms with Gasteiger partial charge in [-0.25, -0.2) is 0 Å². The van der Waals surface area contributed by atoms with Gasteiger partial charge in [0.1, 0.15) is 12.4 Å². The third-order valence-electron chi connectivity index (χ3n) is 3.52. The molecule has 0 spiro atoms. The number of piperidine rings is 1. The molecule has 0 amide bonds. The Morgan fingerprint density at radius 1 is 1.33 bits per heavy atom. The van der Waals surface area contributed by atoms with Crippen molar-refractivity contribution in [1.82, 2.24) is 10.3 Å². The number of hydrogen-bond acceptors (Lipinski definition) is 4. The Hall–Kier alpha value is -1.57. The lowest BCUT2D eigenvalue weighted by Crippen LogP contribution is -2.38. The zero-order chi connectivity index (χ0) is 14.8. The summed E-state index contributed by atoms with van der Waals surface area (Å²) in [5.74, 6) is 6.97. The van der Waals surface area contributed by atoms with Crippen LogP contribution >= 0.6 is 0 Å². The number of unbranched alkanes of at least 4 members (excludes halogenated alkanes) is 2. The quantitative estimate of drug-likeness (QED) is 0.622. The summed E-state index contributed by atoms with van der Waals surface area (Å²) in [6.07, 6.45) is 9.75. The van der Waals surface area contributed by atoms with Crippen LogP contribution in [0.1, 0.15) is 44.1 Å². The Morgan fingerprint density at radius 2 is 2.29 bits per heavy atom. The Morgan fingerprint density at radius 3 is 3.10 bits per heavy atom. The SMILES string of the molecule is OCCCCC#Cc1cncc(OCC2CCCCN2)c1. The molecule has 1 unspecified atom stereocenters. The molecule has 2 N–H and O–H groups in total. The van der Waals surface area contributed by atoms with E-state index in [0.29, 0.717) is 12.6 Å². The molecule has 4 nitrogen and oxygen atoms in total. The van der Waals surface area contributed by atoms with Gasteiger partial charge in [-0.3, -0.25) is 4.98 Å². The fraction of sp³-hybridized carbons (Fsp3) is 0.588. The second kappa shape index (κ2) is 9.38. The molecule has 1 fully saturated rings. The molecule has 1 aliphatic rings. The summed E-state index contributed by atoms with van der Waals surface area (Å²) in [6.45, 7) is 2.02. The molecule has 0 saturated carbocycles. The molecule has 0 bridgehead atoms. The van der Waals surface area contributed by atoms with E-state index in [2.05, 4.69) is 22.1 Å². The van der Waals surface area contributed by atoms with E-state index in [1.807, 2.05) is 6.07 Å². The normalized spacial score (nSPS) is 17.9. The van der Waals surface area contributed by atoms with E-state index in [1.54, 1.807) is 12.4 Å². The molecular formula is C17H24N2O2. The summed E-state index contributed by atoms with van der Waals surface area (Å²) in [5, 5.41) is 12.2. The fourth-order valence-corrected chi connectivity index (χ4v) is 2.32. The number of ether oxygens (including phenoxy) is 1. The van der Waals surface area contributed by atoms with Gasteiger partial charge in [0.15, 0.2) is 0 Å². The number of rotatable bonds is 6. The Bertz CT molecular complexity index is 473. The number of nitrogens with one attached hydrogen (secondary N) is 1. The van der Waals surface area contributed by atoms with Crippen LogP contribution in [0.25, 0.3) is 0 Å². The molecule has 21 heavy (non-hydrogen) atoms. The number of aliphatic hydroxyl groups is 1. The molecule has 1 atom stereocenters. The van der Waals surface area contributed by atoms with Gasteiger partial charge in [0.25, 0.3) is 0 Å². The van der Waals surface area contributed by atoms with Gasteiger partial charge in [0, 0.05) is 30.8 Å². The zero-order valence-corrected chi connectivity index (χ0v) is 12.5. The molecule has 114 valence electrons. The van der Waals surface area contributed by atoms with Gasteiger partial charge in [-0.2, -0.15) is 0 Å². The first-order valence-corrected chi connectivity index (χ1v) is 7.79. The van der Waals surface area contributed by atoms with Crippen molar-refractivity contribution in [1.29, 1.82) is 0 Å². The van der Waals surface area contributed by atoms with Crippen molar-refractivity contribution in [3.63, 3.8) is 0 Å². The average Bonchev–Trinajstić information content (AvgIpc) is 2.54. The number of hydrogen-bond donors (Lipinski definition) is 2. The van der Waals surface area contributed by atoms with Gasteiger partial charge in [-0.15, -0.1) is 0 Å². The zero-order valence-electron chi connectivity index (χ0n) is 12.5. The van der Waals surface area contributed by atoms with Crippen LogP contribution in [0.3, 0.4) is 0 Å². The monoisotopic (exact) mass is 288 g/mol. The minimum atomic E-state index is 0.238. The van der Waals surface area contributed by atoms with Crippen molar-refractivity contribution in [3.8, 4) is 17.6 Å². The van der Waals surface area contributed by atoms with Gasteiger partial charge in [0.05, 0.1) is 6.20 Å². The van der Waals surface area contributed by atoms with Crippen molar-refractivity contribution in [2.75, 3.05) is 19.8 Å². The van der Waals surface area contributed by atoms with Crippen molar-refractivity contribution < 1.29 is 9.84 Å². The summed E-state index contributed by atoms with van der Waals surface area (Å²) in [7, 11) is 0. The molecule has 0 radical (unpaired) electrons. The van der Waals surface area contributed by atoms with Gasteiger partial charge < -0.3 is 15.2 Å². The van der Waals surface area contributed by atoms with Crippen LogP contribution in [0.2, 0.25) is 0 Å². The van der Waals surface area contributed by atoms with Crippen molar-refractivity contribution >= 4 is 0 Å². The minimum absolute atomic E-state index is 0.238. The Kier molecular flexibility index (Phi) is 7.06. The molecule has 2 heterocycles. The third-order valence-corrected chi connectivity index (χ3v) is 3.52. The highest BCUT2D eigenvalue weighted by Crippen LogP contribution is 2.13. The maximum absolute atomic E-state index is 8.71. The van der Waals surface area contributed by atoms with Gasteiger partial charge >= 0.3 is 0 Å². The molecule has 2 rings (SSSR count). The summed E-state index contributed by atoms with van der Waals surface area (Å²) >= 11 is 0. The lowest BCUT2D eigenvalue weighted by molar-refractivity contribution is 0.238. The summed E-state index contributed by atoms with van der Waals surface area (Å²) in [5.41, 5.74) is 0.883. The predicted octanol–water partition coefficient (Wildman–Crippen LogP) is 2.12. The average molecular weight is 288 g/mol. The second-order valence-corrected chi connectivity index (χ2v) is 5.35. The van der Waals surface area contributed by atoms with Crippen molar-refractivity contribution in [2.24, 2.45) is 0 Å².